The molecule has 0 fully saturated rings. The molecule has 1 atom stereocenters. The second-order valence-corrected chi connectivity index (χ2v) is 6.15. The van der Waals surface area contributed by atoms with Crippen LogP contribution in [0.2, 0.25) is 4.34 Å². The van der Waals surface area contributed by atoms with E-state index in [0.29, 0.717) is 10.9 Å². The summed E-state index contributed by atoms with van der Waals surface area (Å²) in [6.07, 6.45) is 0. The molecule has 100 valence electrons. The monoisotopic (exact) mass is 288 g/mol. The molecule has 2 amide bonds. The van der Waals surface area contributed by atoms with Gasteiger partial charge in [-0.15, -0.1) is 11.3 Å². The summed E-state index contributed by atoms with van der Waals surface area (Å²) in [5.74, 6) is -0.339. The first-order chi connectivity index (χ1) is 8.40. The maximum Gasteiger partial charge on any atom is 0.243 e. The van der Waals surface area contributed by atoms with E-state index in [1.807, 2.05) is 19.9 Å². The molecular weight excluding hydrogens is 272 g/mol. The Balaban J connectivity index is 2.53. The molecule has 0 saturated carbocycles. The van der Waals surface area contributed by atoms with Gasteiger partial charge in [0, 0.05) is 11.8 Å². The standard InChI is InChI=1S/C12H17ClN2O2S/c1-7(2)11(15-8(3)16)12(17)14-6-9-4-5-10(13)18-9/h4-5,7,11H,6H2,1-3H3,(H,14,17)(H,15,16)/t11-/m0/s1. The third kappa shape index (κ3) is 4.66. The zero-order valence-corrected chi connectivity index (χ0v) is 12.2. The lowest BCUT2D eigenvalue weighted by molar-refractivity contribution is -0.129. The van der Waals surface area contributed by atoms with Crippen LogP contribution in [0, 0.1) is 5.92 Å². The lowest BCUT2D eigenvalue weighted by Gasteiger charge is -2.20. The fourth-order valence-corrected chi connectivity index (χ4v) is 2.51. The summed E-state index contributed by atoms with van der Waals surface area (Å²) in [7, 11) is 0. The highest BCUT2D eigenvalue weighted by atomic mass is 35.5. The molecule has 1 aromatic heterocycles. The van der Waals surface area contributed by atoms with Gasteiger partial charge >= 0.3 is 0 Å². The van der Waals surface area contributed by atoms with Crippen LogP contribution in [0.3, 0.4) is 0 Å². The topological polar surface area (TPSA) is 58.2 Å². The summed E-state index contributed by atoms with van der Waals surface area (Å²) in [5, 5.41) is 5.44. The van der Waals surface area contributed by atoms with Gasteiger partial charge in [0.05, 0.1) is 10.9 Å². The average molecular weight is 289 g/mol. The van der Waals surface area contributed by atoms with E-state index in [4.69, 9.17) is 11.6 Å². The van der Waals surface area contributed by atoms with Gasteiger partial charge in [0.2, 0.25) is 11.8 Å². The predicted molar refractivity (Wildman–Crippen MR) is 73.6 cm³/mol. The van der Waals surface area contributed by atoms with Crippen LogP contribution in [0.1, 0.15) is 25.6 Å². The van der Waals surface area contributed by atoms with E-state index in [1.165, 1.54) is 18.3 Å². The second-order valence-electron chi connectivity index (χ2n) is 4.35. The van der Waals surface area contributed by atoms with Crippen LogP contribution < -0.4 is 10.6 Å². The largest absolute Gasteiger partial charge is 0.349 e. The van der Waals surface area contributed by atoms with Crippen molar-refractivity contribution in [2.45, 2.75) is 33.4 Å². The molecule has 0 unspecified atom stereocenters. The Morgan fingerprint density at radius 3 is 2.50 bits per heavy atom. The van der Waals surface area contributed by atoms with E-state index in [2.05, 4.69) is 10.6 Å². The number of carbonyl (C=O) groups excluding carboxylic acids is 2. The predicted octanol–water partition coefficient (Wildman–Crippen LogP) is 2.18. The van der Waals surface area contributed by atoms with E-state index in [1.54, 1.807) is 6.07 Å². The van der Waals surface area contributed by atoms with Crippen LogP contribution in [0.25, 0.3) is 0 Å². The van der Waals surface area contributed by atoms with Gasteiger partial charge in [0.15, 0.2) is 0 Å². The van der Waals surface area contributed by atoms with Gasteiger partial charge in [0.25, 0.3) is 0 Å². The van der Waals surface area contributed by atoms with Crippen molar-refractivity contribution in [3.05, 3.63) is 21.3 Å². The number of nitrogens with one attached hydrogen (secondary N) is 2. The molecule has 0 aromatic carbocycles. The van der Waals surface area contributed by atoms with Crippen LogP contribution >= 0.6 is 22.9 Å². The number of amides is 2. The summed E-state index contributed by atoms with van der Waals surface area (Å²) in [6.45, 7) is 5.62. The Hall–Kier alpha value is -1.07. The quantitative estimate of drug-likeness (QED) is 0.872. The molecule has 0 bridgehead atoms. The van der Waals surface area contributed by atoms with E-state index < -0.39 is 6.04 Å². The first kappa shape index (κ1) is 15.0. The van der Waals surface area contributed by atoms with E-state index >= 15 is 0 Å². The number of rotatable bonds is 5. The Kier molecular flexibility index (Phi) is 5.62. The van der Waals surface area contributed by atoms with Gasteiger partial charge in [-0.2, -0.15) is 0 Å². The molecule has 0 radical (unpaired) electrons. The summed E-state index contributed by atoms with van der Waals surface area (Å²) < 4.78 is 0.696. The van der Waals surface area contributed by atoms with Crippen molar-refractivity contribution < 1.29 is 9.59 Å². The molecule has 1 aromatic rings. The van der Waals surface area contributed by atoms with Gasteiger partial charge in [-0.3, -0.25) is 9.59 Å². The Morgan fingerprint density at radius 1 is 1.39 bits per heavy atom. The van der Waals surface area contributed by atoms with Crippen molar-refractivity contribution in [3.63, 3.8) is 0 Å². The minimum Gasteiger partial charge on any atom is -0.349 e. The smallest absolute Gasteiger partial charge is 0.243 e. The first-order valence-electron chi connectivity index (χ1n) is 5.69. The highest BCUT2D eigenvalue weighted by Crippen LogP contribution is 2.21. The molecule has 1 rings (SSSR count). The van der Waals surface area contributed by atoms with Crippen LogP contribution in [0.5, 0.6) is 0 Å². The third-order valence-corrected chi connectivity index (χ3v) is 3.60. The van der Waals surface area contributed by atoms with Crippen molar-refractivity contribution in [1.82, 2.24) is 10.6 Å². The molecule has 6 heteroatoms. The van der Waals surface area contributed by atoms with Crippen molar-refractivity contribution in [3.8, 4) is 0 Å². The van der Waals surface area contributed by atoms with Crippen LogP contribution in [-0.4, -0.2) is 17.9 Å². The Morgan fingerprint density at radius 2 is 2.06 bits per heavy atom. The third-order valence-electron chi connectivity index (χ3n) is 2.37. The number of halogens is 1. The van der Waals surface area contributed by atoms with Gasteiger partial charge in [0.1, 0.15) is 6.04 Å². The van der Waals surface area contributed by atoms with Crippen molar-refractivity contribution in [2.75, 3.05) is 0 Å². The minimum atomic E-state index is -0.502. The molecule has 0 spiro atoms. The minimum absolute atomic E-state index is 0.0424. The van der Waals surface area contributed by atoms with E-state index in [0.717, 1.165) is 4.88 Å². The van der Waals surface area contributed by atoms with Gasteiger partial charge in [-0.1, -0.05) is 25.4 Å². The molecular formula is C12H17ClN2O2S. The number of hydrogen-bond acceptors (Lipinski definition) is 3. The molecule has 1 heterocycles. The van der Waals surface area contributed by atoms with E-state index in [9.17, 15) is 9.59 Å². The number of carbonyl (C=O) groups is 2. The molecule has 18 heavy (non-hydrogen) atoms. The highest BCUT2D eigenvalue weighted by molar-refractivity contribution is 7.16. The Labute approximate surface area is 116 Å². The lowest BCUT2D eigenvalue weighted by atomic mass is 10.0. The highest BCUT2D eigenvalue weighted by Gasteiger charge is 2.22. The summed E-state index contributed by atoms with van der Waals surface area (Å²) in [6, 6.07) is 3.16. The fourth-order valence-electron chi connectivity index (χ4n) is 1.48. The summed E-state index contributed by atoms with van der Waals surface area (Å²) in [5.41, 5.74) is 0. The molecule has 2 N–H and O–H groups in total. The molecule has 0 aliphatic rings. The maximum absolute atomic E-state index is 11.9. The average Bonchev–Trinajstić information content (AvgIpc) is 2.68. The van der Waals surface area contributed by atoms with Crippen molar-refractivity contribution >= 4 is 34.8 Å². The zero-order chi connectivity index (χ0) is 13.7. The fraction of sp³-hybridized carbons (Fsp3) is 0.500. The van der Waals surface area contributed by atoms with Crippen molar-refractivity contribution in [1.29, 1.82) is 0 Å². The maximum atomic E-state index is 11.9. The first-order valence-corrected chi connectivity index (χ1v) is 6.88. The second kappa shape index (κ2) is 6.75. The van der Waals surface area contributed by atoms with Crippen LogP contribution in [0.4, 0.5) is 0 Å². The van der Waals surface area contributed by atoms with Gasteiger partial charge in [-0.25, -0.2) is 0 Å². The molecule has 0 saturated heterocycles. The van der Waals surface area contributed by atoms with Crippen molar-refractivity contribution in [2.24, 2.45) is 5.92 Å². The number of thiophene rings is 1. The lowest BCUT2D eigenvalue weighted by Crippen LogP contribution is -2.48. The van der Waals surface area contributed by atoms with Crippen LogP contribution in [-0.2, 0) is 16.1 Å². The normalized spacial score (nSPS) is 12.3. The van der Waals surface area contributed by atoms with Crippen LogP contribution in [0.15, 0.2) is 12.1 Å². The SMILES string of the molecule is CC(=O)N[C@H](C(=O)NCc1ccc(Cl)s1)C(C)C. The zero-order valence-electron chi connectivity index (χ0n) is 10.6. The summed E-state index contributed by atoms with van der Waals surface area (Å²) in [4.78, 5) is 24.0. The molecule has 0 aliphatic heterocycles. The van der Waals surface area contributed by atoms with Gasteiger partial charge < -0.3 is 10.6 Å². The Bertz CT molecular complexity index is 431. The summed E-state index contributed by atoms with van der Waals surface area (Å²) >= 11 is 7.23. The molecule has 4 nitrogen and oxygen atoms in total. The van der Waals surface area contributed by atoms with Gasteiger partial charge in [-0.05, 0) is 18.1 Å². The molecule has 0 aliphatic carbocycles. The van der Waals surface area contributed by atoms with E-state index in [-0.39, 0.29) is 17.7 Å². The number of hydrogen-bond donors (Lipinski definition) is 2.